The number of anilines is 1. The van der Waals surface area contributed by atoms with Crippen LogP contribution in [-0.2, 0) is 9.59 Å². The minimum absolute atomic E-state index is 0.0196. The second-order valence-electron chi connectivity index (χ2n) is 3.83. The van der Waals surface area contributed by atoms with Crippen LogP contribution in [0.4, 0.5) is 10.1 Å². The molecule has 1 heterocycles. The Balaban J connectivity index is 2.03. The maximum Gasteiger partial charge on any atom is 0.243 e. The van der Waals surface area contributed by atoms with E-state index >= 15 is 0 Å². The fourth-order valence-corrected chi connectivity index (χ4v) is 1.75. The Morgan fingerprint density at radius 1 is 1.50 bits per heavy atom. The lowest BCUT2D eigenvalue weighted by atomic mass is 10.2. The zero-order valence-corrected chi connectivity index (χ0v) is 10.1. The number of benzene rings is 1. The number of carbonyl (C=O) groups excluding carboxylic acids is 2. The summed E-state index contributed by atoms with van der Waals surface area (Å²) < 4.78 is 13.6. The van der Waals surface area contributed by atoms with Crippen LogP contribution < -0.4 is 16.0 Å². The Morgan fingerprint density at radius 3 is 2.94 bits per heavy atom. The van der Waals surface area contributed by atoms with E-state index in [2.05, 4.69) is 16.0 Å². The largest absolute Gasteiger partial charge is 0.353 e. The molecule has 5 nitrogen and oxygen atoms in total. The zero-order chi connectivity index (χ0) is 13.1. The number of nitrogens with one attached hydrogen (secondary N) is 3. The van der Waals surface area contributed by atoms with Gasteiger partial charge >= 0.3 is 0 Å². The lowest BCUT2D eigenvalue weighted by Gasteiger charge is -2.23. The van der Waals surface area contributed by atoms with Crippen LogP contribution in [0.2, 0.25) is 5.02 Å². The van der Waals surface area contributed by atoms with Gasteiger partial charge in [0.15, 0.2) is 5.82 Å². The van der Waals surface area contributed by atoms with Gasteiger partial charge in [0.05, 0.1) is 17.3 Å². The molecule has 1 aliphatic heterocycles. The number of piperazine rings is 1. The van der Waals surface area contributed by atoms with E-state index in [0.717, 1.165) is 0 Å². The van der Waals surface area contributed by atoms with E-state index in [1.807, 2.05) is 0 Å². The molecule has 1 aromatic rings. The summed E-state index contributed by atoms with van der Waals surface area (Å²) >= 11 is 5.60. The van der Waals surface area contributed by atoms with Gasteiger partial charge in [0.25, 0.3) is 0 Å². The number of hydrogen-bond acceptors (Lipinski definition) is 3. The summed E-state index contributed by atoms with van der Waals surface area (Å²) in [5.41, 5.74) is 0.0196. The molecule has 2 amide bonds. The number of carbonyl (C=O) groups is 2. The molecular formula is C11H11ClFN3O2. The minimum atomic E-state index is -0.674. The molecule has 0 bridgehead atoms. The van der Waals surface area contributed by atoms with Crippen molar-refractivity contribution in [2.24, 2.45) is 0 Å². The summed E-state index contributed by atoms with van der Waals surface area (Å²) in [5.74, 6) is -1.27. The van der Waals surface area contributed by atoms with Crippen LogP contribution >= 0.6 is 11.6 Å². The van der Waals surface area contributed by atoms with Gasteiger partial charge in [0, 0.05) is 6.54 Å². The van der Waals surface area contributed by atoms with Crippen molar-refractivity contribution in [3.05, 3.63) is 29.0 Å². The molecule has 0 spiro atoms. The van der Waals surface area contributed by atoms with Crippen molar-refractivity contribution in [3.63, 3.8) is 0 Å². The lowest BCUT2D eigenvalue weighted by Crippen LogP contribution is -2.56. The molecular weight excluding hydrogens is 261 g/mol. The monoisotopic (exact) mass is 271 g/mol. The second-order valence-corrected chi connectivity index (χ2v) is 4.24. The van der Waals surface area contributed by atoms with Crippen LogP contribution in [0.1, 0.15) is 0 Å². The van der Waals surface area contributed by atoms with E-state index in [-0.39, 0.29) is 29.7 Å². The summed E-state index contributed by atoms with van der Waals surface area (Å²) in [5, 5.41) is 7.65. The quantitative estimate of drug-likeness (QED) is 0.734. The SMILES string of the molecule is O=C1CNC(C(=O)Nc2cccc(Cl)c2F)CN1. The van der Waals surface area contributed by atoms with E-state index in [0.29, 0.717) is 0 Å². The summed E-state index contributed by atoms with van der Waals surface area (Å²) in [7, 11) is 0. The molecule has 2 rings (SSSR count). The molecule has 1 unspecified atom stereocenters. The molecule has 3 N–H and O–H groups in total. The molecule has 1 atom stereocenters. The van der Waals surface area contributed by atoms with E-state index in [1.165, 1.54) is 18.2 Å². The molecule has 96 valence electrons. The highest BCUT2D eigenvalue weighted by atomic mass is 35.5. The molecule has 1 fully saturated rings. The van der Waals surface area contributed by atoms with Gasteiger partial charge in [0.2, 0.25) is 11.8 Å². The first-order valence-corrected chi connectivity index (χ1v) is 5.70. The molecule has 1 aliphatic rings. The lowest BCUT2D eigenvalue weighted by molar-refractivity contribution is -0.124. The summed E-state index contributed by atoms with van der Waals surface area (Å²) in [6, 6.07) is 3.77. The number of rotatable bonds is 2. The number of halogens is 2. The van der Waals surface area contributed by atoms with Crippen molar-refractivity contribution in [3.8, 4) is 0 Å². The topological polar surface area (TPSA) is 70.2 Å². The summed E-state index contributed by atoms with van der Waals surface area (Å²) in [4.78, 5) is 22.7. The Hall–Kier alpha value is -1.66. The van der Waals surface area contributed by atoms with Gasteiger partial charge in [-0.05, 0) is 12.1 Å². The maximum atomic E-state index is 13.6. The third kappa shape index (κ3) is 2.77. The Bertz CT molecular complexity index is 485. The van der Waals surface area contributed by atoms with E-state index in [1.54, 1.807) is 0 Å². The second kappa shape index (κ2) is 5.32. The Labute approximate surface area is 108 Å². The first-order chi connectivity index (χ1) is 8.58. The van der Waals surface area contributed by atoms with Crippen molar-refractivity contribution in [1.29, 1.82) is 0 Å². The Morgan fingerprint density at radius 2 is 2.28 bits per heavy atom. The van der Waals surface area contributed by atoms with Crippen LogP contribution in [0.25, 0.3) is 0 Å². The summed E-state index contributed by atoms with van der Waals surface area (Å²) in [6.07, 6.45) is 0. The average molecular weight is 272 g/mol. The fourth-order valence-electron chi connectivity index (χ4n) is 1.57. The number of hydrogen-bond donors (Lipinski definition) is 3. The van der Waals surface area contributed by atoms with Crippen LogP contribution in [-0.4, -0.2) is 30.9 Å². The summed E-state index contributed by atoms with van der Waals surface area (Å²) in [6.45, 7) is 0.239. The predicted octanol–water partition coefficient (Wildman–Crippen LogP) is 0.506. The molecule has 0 aromatic heterocycles. The third-order valence-electron chi connectivity index (χ3n) is 2.54. The standard InChI is InChI=1S/C11H11ClFN3O2/c12-6-2-1-3-7(10(6)13)16-11(18)8-4-15-9(17)5-14-8/h1-3,8,14H,4-5H2,(H,15,17)(H,16,18). The van der Waals surface area contributed by atoms with Gasteiger partial charge in [0.1, 0.15) is 6.04 Å². The average Bonchev–Trinajstić information content (AvgIpc) is 2.36. The van der Waals surface area contributed by atoms with Crippen LogP contribution in [0.3, 0.4) is 0 Å². The van der Waals surface area contributed by atoms with Crippen molar-refractivity contribution in [2.75, 3.05) is 18.4 Å². The fraction of sp³-hybridized carbons (Fsp3) is 0.273. The van der Waals surface area contributed by atoms with Gasteiger partial charge in [-0.2, -0.15) is 0 Å². The van der Waals surface area contributed by atoms with E-state index < -0.39 is 17.8 Å². The molecule has 7 heteroatoms. The molecule has 1 saturated heterocycles. The van der Waals surface area contributed by atoms with Crippen molar-refractivity contribution < 1.29 is 14.0 Å². The van der Waals surface area contributed by atoms with Crippen LogP contribution in [0, 0.1) is 5.82 Å². The van der Waals surface area contributed by atoms with Crippen molar-refractivity contribution in [1.82, 2.24) is 10.6 Å². The first kappa shape index (κ1) is 12.8. The molecule has 1 aromatic carbocycles. The zero-order valence-electron chi connectivity index (χ0n) is 9.30. The minimum Gasteiger partial charge on any atom is -0.353 e. The highest BCUT2D eigenvalue weighted by molar-refractivity contribution is 6.31. The van der Waals surface area contributed by atoms with Gasteiger partial charge in [-0.15, -0.1) is 0 Å². The van der Waals surface area contributed by atoms with Gasteiger partial charge in [-0.25, -0.2) is 4.39 Å². The van der Waals surface area contributed by atoms with Gasteiger partial charge < -0.3 is 10.6 Å². The highest BCUT2D eigenvalue weighted by Gasteiger charge is 2.24. The first-order valence-electron chi connectivity index (χ1n) is 5.33. The van der Waals surface area contributed by atoms with Crippen molar-refractivity contribution >= 4 is 29.1 Å². The molecule has 18 heavy (non-hydrogen) atoms. The maximum absolute atomic E-state index is 13.6. The molecule has 0 saturated carbocycles. The highest BCUT2D eigenvalue weighted by Crippen LogP contribution is 2.22. The number of amides is 2. The van der Waals surface area contributed by atoms with Crippen LogP contribution in [0.5, 0.6) is 0 Å². The molecule has 0 radical (unpaired) electrons. The van der Waals surface area contributed by atoms with E-state index in [9.17, 15) is 14.0 Å². The van der Waals surface area contributed by atoms with Crippen molar-refractivity contribution in [2.45, 2.75) is 6.04 Å². The van der Waals surface area contributed by atoms with Gasteiger partial charge in [-0.3, -0.25) is 14.9 Å². The predicted molar refractivity (Wildman–Crippen MR) is 64.8 cm³/mol. The van der Waals surface area contributed by atoms with E-state index in [4.69, 9.17) is 11.6 Å². The van der Waals surface area contributed by atoms with Gasteiger partial charge in [-0.1, -0.05) is 17.7 Å². The van der Waals surface area contributed by atoms with Crippen LogP contribution in [0.15, 0.2) is 18.2 Å². The Kier molecular flexibility index (Phi) is 3.78. The molecule has 0 aliphatic carbocycles. The smallest absolute Gasteiger partial charge is 0.243 e. The normalized spacial score (nSPS) is 19.2. The third-order valence-corrected chi connectivity index (χ3v) is 2.83.